The molecule has 0 fully saturated rings. The van der Waals surface area contributed by atoms with Crippen LogP contribution in [0.25, 0.3) is 10.2 Å². The van der Waals surface area contributed by atoms with E-state index in [2.05, 4.69) is 10.3 Å². The van der Waals surface area contributed by atoms with Gasteiger partial charge in [0, 0.05) is 0 Å². The van der Waals surface area contributed by atoms with Crippen molar-refractivity contribution < 1.29 is 22.7 Å². The van der Waals surface area contributed by atoms with E-state index in [1.54, 1.807) is 19.2 Å². The summed E-state index contributed by atoms with van der Waals surface area (Å²) in [6.45, 7) is 0. The number of methoxy groups -OCH3 is 1. The van der Waals surface area contributed by atoms with Crippen LogP contribution in [0.1, 0.15) is 11.1 Å². The Kier molecular flexibility index (Phi) is 4.63. The summed E-state index contributed by atoms with van der Waals surface area (Å²) in [7, 11) is 1.56. The van der Waals surface area contributed by atoms with Crippen molar-refractivity contribution in [3.63, 3.8) is 0 Å². The van der Waals surface area contributed by atoms with E-state index in [1.807, 2.05) is 6.07 Å². The summed E-state index contributed by atoms with van der Waals surface area (Å²) in [5, 5.41) is 3.10. The molecule has 4 nitrogen and oxygen atoms in total. The maximum absolute atomic E-state index is 12.5. The molecule has 0 unspecified atom stereocenters. The number of alkyl halides is 3. The Hall–Kier alpha value is -2.61. The van der Waals surface area contributed by atoms with Crippen molar-refractivity contribution in [2.24, 2.45) is 0 Å². The van der Waals surface area contributed by atoms with Crippen LogP contribution in [0.4, 0.5) is 18.3 Å². The lowest BCUT2D eigenvalue weighted by molar-refractivity contribution is -0.137. The summed E-state index contributed by atoms with van der Waals surface area (Å²) >= 11 is 1.30. The molecule has 3 rings (SSSR count). The van der Waals surface area contributed by atoms with Gasteiger partial charge < -0.3 is 10.1 Å². The van der Waals surface area contributed by atoms with Gasteiger partial charge in [-0.15, -0.1) is 0 Å². The van der Waals surface area contributed by atoms with Crippen LogP contribution in [-0.2, 0) is 17.4 Å². The first-order chi connectivity index (χ1) is 11.8. The van der Waals surface area contributed by atoms with Gasteiger partial charge in [-0.25, -0.2) is 4.98 Å². The molecule has 0 aliphatic rings. The number of hydrogen-bond acceptors (Lipinski definition) is 4. The fourth-order valence-electron chi connectivity index (χ4n) is 2.25. The lowest BCUT2D eigenvalue weighted by Crippen LogP contribution is -2.14. The Bertz CT molecular complexity index is 904. The zero-order valence-corrected chi connectivity index (χ0v) is 13.9. The second-order valence-electron chi connectivity index (χ2n) is 5.27. The molecule has 1 heterocycles. The van der Waals surface area contributed by atoms with E-state index in [9.17, 15) is 18.0 Å². The van der Waals surface area contributed by atoms with Crippen molar-refractivity contribution in [3.8, 4) is 5.75 Å². The number of halogens is 3. The Labute approximate surface area is 145 Å². The van der Waals surface area contributed by atoms with E-state index in [-0.39, 0.29) is 12.3 Å². The fraction of sp³-hybridized carbons (Fsp3) is 0.176. The predicted molar refractivity (Wildman–Crippen MR) is 89.9 cm³/mol. The summed E-state index contributed by atoms with van der Waals surface area (Å²) in [4.78, 5) is 16.4. The van der Waals surface area contributed by atoms with Gasteiger partial charge in [-0.2, -0.15) is 13.2 Å². The minimum Gasteiger partial charge on any atom is -0.497 e. The second kappa shape index (κ2) is 6.72. The number of amides is 1. The maximum Gasteiger partial charge on any atom is 0.416 e. The number of carbonyl (C=O) groups is 1. The zero-order valence-electron chi connectivity index (χ0n) is 13.1. The van der Waals surface area contributed by atoms with E-state index in [0.717, 1.165) is 22.3 Å². The summed E-state index contributed by atoms with van der Waals surface area (Å²) in [6, 6.07) is 9.90. The molecular weight excluding hydrogens is 353 g/mol. The molecular formula is C17H13F3N2O2S. The lowest BCUT2D eigenvalue weighted by atomic mass is 10.1. The van der Waals surface area contributed by atoms with Gasteiger partial charge in [-0.1, -0.05) is 23.5 Å². The van der Waals surface area contributed by atoms with Crippen molar-refractivity contribution in [2.45, 2.75) is 12.6 Å². The molecule has 2 aromatic carbocycles. The Morgan fingerprint density at radius 2 is 1.92 bits per heavy atom. The molecule has 3 aromatic rings. The predicted octanol–water partition coefficient (Wildman–Crippen LogP) is 4.50. The Morgan fingerprint density at radius 3 is 2.56 bits per heavy atom. The lowest BCUT2D eigenvalue weighted by Gasteiger charge is -2.07. The van der Waals surface area contributed by atoms with Gasteiger partial charge in [0.1, 0.15) is 5.75 Å². The van der Waals surface area contributed by atoms with Gasteiger partial charge in [0.05, 0.1) is 29.3 Å². The topological polar surface area (TPSA) is 51.2 Å². The highest BCUT2D eigenvalue weighted by Gasteiger charge is 2.29. The van der Waals surface area contributed by atoms with Gasteiger partial charge in [-0.3, -0.25) is 4.79 Å². The summed E-state index contributed by atoms with van der Waals surface area (Å²) < 4.78 is 43.6. The SMILES string of the molecule is COc1ccc2nc(NC(=O)Cc3ccc(C(F)(F)F)cc3)sc2c1. The van der Waals surface area contributed by atoms with Crippen LogP contribution in [-0.4, -0.2) is 18.0 Å². The number of nitrogens with zero attached hydrogens (tertiary/aromatic N) is 1. The van der Waals surface area contributed by atoms with E-state index < -0.39 is 11.7 Å². The molecule has 8 heteroatoms. The largest absolute Gasteiger partial charge is 0.497 e. The highest BCUT2D eigenvalue weighted by molar-refractivity contribution is 7.22. The minimum absolute atomic E-state index is 0.0304. The molecule has 0 aliphatic carbocycles. The van der Waals surface area contributed by atoms with Crippen molar-refractivity contribution in [2.75, 3.05) is 12.4 Å². The van der Waals surface area contributed by atoms with Crippen molar-refractivity contribution in [1.29, 1.82) is 0 Å². The highest BCUT2D eigenvalue weighted by Crippen LogP contribution is 2.30. The highest BCUT2D eigenvalue weighted by atomic mass is 32.1. The van der Waals surface area contributed by atoms with E-state index >= 15 is 0 Å². The molecule has 0 saturated heterocycles. The average molecular weight is 366 g/mol. The summed E-state index contributed by atoms with van der Waals surface area (Å²) in [6.07, 6.45) is -4.42. The number of rotatable bonds is 4. The number of hydrogen-bond donors (Lipinski definition) is 1. The molecule has 0 spiro atoms. The van der Waals surface area contributed by atoms with Crippen molar-refractivity contribution in [1.82, 2.24) is 4.98 Å². The van der Waals surface area contributed by atoms with Crippen LogP contribution in [0, 0.1) is 0 Å². The third-order valence-electron chi connectivity index (χ3n) is 3.49. The molecule has 0 radical (unpaired) electrons. The Balaban J connectivity index is 1.68. The first kappa shape index (κ1) is 17.2. The molecule has 1 N–H and O–H groups in total. The summed E-state index contributed by atoms with van der Waals surface area (Å²) in [5.41, 5.74) is 0.487. The van der Waals surface area contributed by atoms with E-state index in [1.165, 1.54) is 23.5 Å². The fourth-order valence-corrected chi connectivity index (χ4v) is 3.16. The van der Waals surface area contributed by atoms with E-state index in [4.69, 9.17) is 4.74 Å². The molecule has 0 atom stereocenters. The molecule has 0 bridgehead atoms. The molecule has 1 aromatic heterocycles. The number of fused-ring (bicyclic) bond motifs is 1. The molecule has 25 heavy (non-hydrogen) atoms. The van der Waals surface area contributed by atoms with Gasteiger partial charge in [0.2, 0.25) is 5.91 Å². The van der Waals surface area contributed by atoms with Crippen LogP contribution in [0.5, 0.6) is 5.75 Å². The van der Waals surface area contributed by atoms with Crippen LogP contribution in [0.15, 0.2) is 42.5 Å². The van der Waals surface area contributed by atoms with Gasteiger partial charge >= 0.3 is 6.18 Å². The number of carbonyl (C=O) groups excluding carboxylic acids is 1. The number of anilines is 1. The van der Waals surface area contributed by atoms with Gasteiger partial charge in [-0.05, 0) is 35.9 Å². The maximum atomic E-state index is 12.5. The van der Waals surface area contributed by atoms with Crippen LogP contribution in [0.2, 0.25) is 0 Å². The smallest absolute Gasteiger partial charge is 0.416 e. The number of aromatic nitrogens is 1. The molecule has 130 valence electrons. The zero-order chi connectivity index (χ0) is 18.0. The number of ether oxygens (including phenoxy) is 1. The Morgan fingerprint density at radius 1 is 1.20 bits per heavy atom. The number of thiazole rings is 1. The molecule has 0 saturated carbocycles. The van der Waals surface area contributed by atoms with Gasteiger partial charge in [0.15, 0.2) is 5.13 Å². The normalized spacial score (nSPS) is 11.5. The van der Waals surface area contributed by atoms with Crippen LogP contribution >= 0.6 is 11.3 Å². The number of nitrogens with one attached hydrogen (secondary N) is 1. The first-order valence-electron chi connectivity index (χ1n) is 7.26. The van der Waals surface area contributed by atoms with Crippen molar-refractivity contribution in [3.05, 3.63) is 53.6 Å². The first-order valence-corrected chi connectivity index (χ1v) is 8.07. The van der Waals surface area contributed by atoms with Crippen LogP contribution in [0.3, 0.4) is 0 Å². The third kappa shape index (κ3) is 4.08. The number of benzene rings is 2. The third-order valence-corrected chi connectivity index (χ3v) is 4.42. The van der Waals surface area contributed by atoms with Gasteiger partial charge in [0.25, 0.3) is 0 Å². The second-order valence-corrected chi connectivity index (χ2v) is 6.30. The average Bonchev–Trinajstić information content (AvgIpc) is 2.95. The van der Waals surface area contributed by atoms with Crippen LogP contribution < -0.4 is 10.1 Å². The monoisotopic (exact) mass is 366 g/mol. The molecule has 0 aliphatic heterocycles. The summed E-state index contributed by atoms with van der Waals surface area (Å²) in [5.74, 6) is 0.351. The standard InChI is InChI=1S/C17H13F3N2O2S/c1-24-12-6-7-13-14(9-12)25-16(21-13)22-15(23)8-10-2-4-11(5-3-10)17(18,19)20/h2-7,9H,8H2,1H3,(H,21,22,23). The molecule has 1 amide bonds. The van der Waals surface area contributed by atoms with Crippen molar-refractivity contribution >= 4 is 32.6 Å². The quantitative estimate of drug-likeness (QED) is 0.739. The minimum atomic E-state index is -4.39. The van der Waals surface area contributed by atoms with E-state index in [0.29, 0.717) is 16.4 Å².